The van der Waals surface area contributed by atoms with E-state index in [2.05, 4.69) is 0 Å². The monoisotopic (exact) mass is 360 g/mol. The van der Waals surface area contributed by atoms with Crippen LogP contribution >= 0.6 is 0 Å². The number of hydrogen-bond acceptors (Lipinski definition) is 3. The van der Waals surface area contributed by atoms with E-state index in [1.54, 1.807) is 24.3 Å². The van der Waals surface area contributed by atoms with Crippen molar-refractivity contribution in [3.63, 3.8) is 0 Å². The van der Waals surface area contributed by atoms with Crippen molar-refractivity contribution < 1.29 is 19.0 Å². The summed E-state index contributed by atoms with van der Waals surface area (Å²) in [4.78, 5) is 12.8. The van der Waals surface area contributed by atoms with Crippen LogP contribution < -0.4 is 4.74 Å². The van der Waals surface area contributed by atoms with Crippen molar-refractivity contribution in [1.29, 1.82) is 0 Å². The molecular weight excluding hydrogens is 343 g/mol. The number of phenolic OH excluding ortho intramolecular Hbond substituents is 1. The molecule has 1 unspecified atom stereocenters. The van der Waals surface area contributed by atoms with E-state index in [0.717, 1.165) is 34.7 Å². The van der Waals surface area contributed by atoms with Crippen molar-refractivity contribution in [2.24, 2.45) is 0 Å². The first-order chi connectivity index (χ1) is 13.1. The Kier molecular flexibility index (Phi) is 3.54. The Hall–Kier alpha value is -3.14. The maximum atomic E-state index is 13.5. The van der Waals surface area contributed by atoms with Crippen molar-refractivity contribution in [2.45, 2.75) is 25.2 Å². The van der Waals surface area contributed by atoms with Crippen LogP contribution in [0.25, 0.3) is 10.8 Å². The summed E-state index contributed by atoms with van der Waals surface area (Å²) in [5.74, 6) is 0.994. The molecule has 2 aliphatic rings. The zero-order chi connectivity index (χ0) is 18.5. The third-order valence-electron chi connectivity index (χ3n) is 5.43. The van der Waals surface area contributed by atoms with Crippen LogP contribution in [-0.4, -0.2) is 10.9 Å². The first-order valence-electron chi connectivity index (χ1n) is 9.07. The second kappa shape index (κ2) is 5.95. The van der Waals surface area contributed by atoms with Gasteiger partial charge < -0.3 is 9.84 Å². The van der Waals surface area contributed by atoms with Gasteiger partial charge in [-0.2, -0.15) is 0 Å². The summed E-state index contributed by atoms with van der Waals surface area (Å²) in [6.07, 6.45) is 1.99. The van der Waals surface area contributed by atoms with Crippen LogP contribution in [0, 0.1) is 5.82 Å². The van der Waals surface area contributed by atoms with Gasteiger partial charge in [0, 0.05) is 29.9 Å². The number of hydrogen-bond donors (Lipinski definition) is 1. The standard InChI is InChI=1S/C23H17FO3/c24-15-8-4-14(5-9-15)21-22-17-12-16(25)10-6-13(17)7-11-20(22)27-19-3-1-2-18(26)23(19)21/h4-12,21,25H,1-3H2. The van der Waals surface area contributed by atoms with Gasteiger partial charge in [-0.3, -0.25) is 4.79 Å². The van der Waals surface area contributed by atoms with E-state index in [1.165, 1.54) is 12.1 Å². The molecule has 1 aliphatic heterocycles. The normalized spacial score (nSPS) is 18.9. The molecule has 0 saturated heterocycles. The van der Waals surface area contributed by atoms with Gasteiger partial charge in [0.2, 0.25) is 0 Å². The topological polar surface area (TPSA) is 46.5 Å². The molecule has 1 atom stereocenters. The summed E-state index contributed by atoms with van der Waals surface area (Å²) in [5, 5.41) is 11.8. The van der Waals surface area contributed by atoms with E-state index in [1.807, 2.05) is 18.2 Å². The zero-order valence-electron chi connectivity index (χ0n) is 14.5. The molecular formula is C23H17FO3. The number of benzene rings is 3. The van der Waals surface area contributed by atoms with Gasteiger partial charge in [0.15, 0.2) is 5.78 Å². The maximum Gasteiger partial charge on any atom is 0.163 e. The molecule has 3 aromatic carbocycles. The minimum Gasteiger partial charge on any atom is -0.508 e. The molecule has 27 heavy (non-hydrogen) atoms. The van der Waals surface area contributed by atoms with Crippen LogP contribution in [0.15, 0.2) is 65.9 Å². The third kappa shape index (κ3) is 2.52. The zero-order valence-corrected chi connectivity index (χ0v) is 14.5. The minimum atomic E-state index is -0.331. The fraction of sp³-hybridized carbons (Fsp3) is 0.174. The van der Waals surface area contributed by atoms with Gasteiger partial charge in [-0.25, -0.2) is 4.39 Å². The van der Waals surface area contributed by atoms with Gasteiger partial charge in [-0.05, 0) is 53.1 Å². The molecule has 0 radical (unpaired) electrons. The van der Waals surface area contributed by atoms with Gasteiger partial charge in [-0.1, -0.05) is 24.3 Å². The maximum absolute atomic E-state index is 13.5. The lowest BCUT2D eigenvalue weighted by Crippen LogP contribution is -2.25. The second-order valence-electron chi connectivity index (χ2n) is 7.08. The van der Waals surface area contributed by atoms with Crippen LogP contribution in [0.3, 0.4) is 0 Å². The molecule has 0 saturated carbocycles. The SMILES string of the molecule is O=C1CCCC2=C1C(c1ccc(F)cc1)c1c(ccc3ccc(O)cc13)O2. The Morgan fingerprint density at radius 2 is 1.78 bits per heavy atom. The molecule has 5 rings (SSSR count). The van der Waals surface area contributed by atoms with Crippen molar-refractivity contribution >= 4 is 16.6 Å². The van der Waals surface area contributed by atoms with Crippen molar-refractivity contribution in [3.05, 3.63) is 82.9 Å². The first kappa shape index (κ1) is 16.1. The summed E-state index contributed by atoms with van der Waals surface area (Å²) in [6, 6.07) is 15.3. The number of aromatic hydroxyl groups is 1. The molecule has 3 nitrogen and oxygen atoms in total. The number of allylic oxidation sites excluding steroid dienone is 2. The van der Waals surface area contributed by atoms with Crippen molar-refractivity contribution in [1.82, 2.24) is 0 Å². The Bertz CT molecular complexity index is 1110. The van der Waals surface area contributed by atoms with Crippen molar-refractivity contribution in [3.8, 4) is 11.5 Å². The number of carbonyl (C=O) groups is 1. The van der Waals surface area contributed by atoms with E-state index in [-0.39, 0.29) is 23.3 Å². The highest BCUT2D eigenvalue weighted by Crippen LogP contribution is 2.49. The smallest absolute Gasteiger partial charge is 0.163 e. The number of Topliss-reactive ketones (excluding diaryl/α,β-unsaturated/α-hetero) is 1. The van der Waals surface area contributed by atoms with Crippen LogP contribution in [0.5, 0.6) is 11.5 Å². The third-order valence-corrected chi connectivity index (χ3v) is 5.43. The quantitative estimate of drug-likeness (QED) is 0.647. The number of fused-ring (bicyclic) bond motifs is 3. The lowest BCUT2D eigenvalue weighted by molar-refractivity contribution is -0.116. The van der Waals surface area contributed by atoms with Crippen LogP contribution in [0.2, 0.25) is 0 Å². The summed E-state index contributed by atoms with van der Waals surface area (Å²) in [5.41, 5.74) is 2.36. The molecule has 0 spiro atoms. The second-order valence-corrected chi connectivity index (χ2v) is 7.08. The van der Waals surface area contributed by atoms with Gasteiger partial charge in [0.1, 0.15) is 23.1 Å². The minimum absolute atomic E-state index is 0.0772. The van der Waals surface area contributed by atoms with Gasteiger partial charge in [-0.15, -0.1) is 0 Å². The highest BCUT2D eigenvalue weighted by Gasteiger charge is 2.37. The molecule has 1 aliphatic carbocycles. The van der Waals surface area contributed by atoms with E-state index in [9.17, 15) is 14.3 Å². The van der Waals surface area contributed by atoms with E-state index in [4.69, 9.17) is 4.74 Å². The number of halogens is 1. The number of ketones is 1. The molecule has 0 fully saturated rings. The average molecular weight is 360 g/mol. The molecule has 1 N–H and O–H groups in total. The van der Waals surface area contributed by atoms with E-state index in [0.29, 0.717) is 23.5 Å². The molecule has 134 valence electrons. The number of rotatable bonds is 1. The number of ether oxygens (including phenoxy) is 1. The summed E-state index contributed by atoms with van der Waals surface area (Å²) >= 11 is 0. The predicted octanol–water partition coefficient (Wildman–Crippen LogP) is 5.22. The van der Waals surface area contributed by atoms with Crippen LogP contribution in [-0.2, 0) is 4.79 Å². The molecule has 1 heterocycles. The average Bonchev–Trinajstić information content (AvgIpc) is 2.67. The van der Waals surface area contributed by atoms with Crippen molar-refractivity contribution in [2.75, 3.05) is 0 Å². The Balaban J connectivity index is 1.84. The summed E-state index contributed by atoms with van der Waals surface area (Å²) < 4.78 is 19.7. The van der Waals surface area contributed by atoms with Gasteiger partial charge in [0.05, 0.1) is 0 Å². The Morgan fingerprint density at radius 1 is 1.00 bits per heavy atom. The predicted molar refractivity (Wildman–Crippen MR) is 100 cm³/mol. The van der Waals surface area contributed by atoms with E-state index >= 15 is 0 Å². The molecule has 0 bridgehead atoms. The van der Waals surface area contributed by atoms with Gasteiger partial charge >= 0.3 is 0 Å². The van der Waals surface area contributed by atoms with Crippen LogP contribution in [0.1, 0.15) is 36.3 Å². The Morgan fingerprint density at radius 3 is 2.59 bits per heavy atom. The Labute approximate surface area is 155 Å². The highest BCUT2D eigenvalue weighted by atomic mass is 19.1. The number of carbonyl (C=O) groups excluding carboxylic acids is 1. The summed E-state index contributed by atoms with van der Waals surface area (Å²) in [6.45, 7) is 0. The highest BCUT2D eigenvalue weighted by molar-refractivity contribution is 6.01. The first-order valence-corrected chi connectivity index (χ1v) is 9.07. The summed E-state index contributed by atoms with van der Waals surface area (Å²) in [7, 11) is 0. The fourth-order valence-electron chi connectivity index (χ4n) is 4.23. The van der Waals surface area contributed by atoms with Crippen LogP contribution in [0.4, 0.5) is 4.39 Å². The lowest BCUT2D eigenvalue weighted by Gasteiger charge is -2.33. The molecule has 0 aromatic heterocycles. The molecule has 4 heteroatoms. The molecule has 3 aromatic rings. The van der Waals surface area contributed by atoms with Gasteiger partial charge in [0.25, 0.3) is 0 Å². The molecule has 0 amide bonds. The largest absolute Gasteiger partial charge is 0.508 e. The van der Waals surface area contributed by atoms with E-state index < -0.39 is 0 Å². The number of phenols is 1. The fourth-order valence-corrected chi connectivity index (χ4v) is 4.23. The lowest BCUT2D eigenvalue weighted by atomic mass is 9.75.